The molecular formula is C22H31N3O2. The highest BCUT2D eigenvalue weighted by molar-refractivity contribution is 5.78. The van der Waals surface area contributed by atoms with Gasteiger partial charge in [0.1, 0.15) is 5.82 Å². The molecule has 1 aliphatic carbocycles. The number of amides is 1. The lowest BCUT2D eigenvalue weighted by Gasteiger charge is -2.27. The van der Waals surface area contributed by atoms with E-state index in [1.807, 2.05) is 36.9 Å². The number of carbonyl (C=O) groups is 1. The normalized spacial score (nSPS) is 15.4. The van der Waals surface area contributed by atoms with Crippen LogP contribution in [0.3, 0.4) is 0 Å². The summed E-state index contributed by atoms with van der Waals surface area (Å²) in [7, 11) is 0. The summed E-state index contributed by atoms with van der Waals surface area (Å²) in [6, 6.07) is 7.37. The van der Waals surface area contributed by atoms with E-state index in [-0.39, 0.29) is 17.5 Å². The average molecular weight is 370 g/mol. The SMILES string of the molecule is CC(C)N(Cc1nc2ccccc2c(=O)[nH]1)C(=O)CCCC1CCCCC1. The summed E-state index contributed by atoms with van der Waals surface area (Å²) in [6.07, 6.45) is 9.39. The molecule has 5 heteroatoms. The Morgan fingerprint density at radius 2 is 1.96 bits per heavy atom. The highest BCUT2D eigenvalue weighted by Crippen LogP contribution is 2.28. The number of aromatic amines is 1. The van der Waals surface area contributed by atoms with Gasteiger partial charge >= 0.3 is 0 Å². The Morgan fingerprint density at radius 1 is 1.22 bits per heavy atom. The molecule has 1 heterocycles. The van der Waals surface area contributed by atoms with E-state index >= 15 is 0 Å². The number of carbonyl (C=O) groups excluding carboxylic acids is 1. The van der Waals surface area contributed by atoms with Crippen molar-refractivity contribution in [1.29, 1.82) is 0 Å². The first-order chi connectivity index (χ1) is 13.0. The molecule has 1 fully saturated rings. The van der Waals surface area contributed by atoms with Crippen molar-refractivity contribution in [2.45, 2.75) is 77.8 Å². The van der Waals surface area contributed by atoms with Crippen molar-refractivity contribution in [3.8, 4) is 0 Å². The molecule has 1 aliphatic rings. The van der Waals surface area contributed by atoms with Crippen LogP contribution in [0.25, 0.3) is 10.9 Å². The third-order valence-corrected chi connectivity index (χ3v) is 5.65. The van der Waals surface area contributed by atoms with Gasteiger partial charge in [0.2, 0.25) is 5.91 Å². The maximum absolute atomic E-state index is 12.8. The topological polar surface area (TPSA) is 66.1 Å². The smallest absolute Gasteiger partial charge is 0.258 e. The molecule has 0 spiro atoms. The molecule has 1 N–H and O–H groups in total. The second kappa shape index (κ2) is 9.16. The van der Waals surface area contributed by atoms with E-state index in [2.05, 4.69) is 9.97 Å². The molecule has 1 aromatic heterocycles. The van der Waals surface area contributed by atoms with Crippen LogP contribution in [-0.4, -0.2) is 26.8 Å². The third-order valence-electron chi connectivity index (χ3n) is 5.65. The van der Waals surface area contributed by atoms with E-state index < -0.39 is 0 Å². The zero-order valence-electron chi connectivity index (χ0n) is 16.5. The maximum atomic E-state index is 12.8. The number of hydrogen-bond donors (Lipinski definition) is 1. The van der Waals surface area contributed by atoms with Crippen LogP contribution in [0.4, 0.5) is 0 Å². The Balaban J connectivity index is 1.63. The quantitative estimate of drug-likeness (QED) is 0.786. The number of hydrogen-bond acceptors (Lipinski definition) is 3. The van der Waals surface area contributed by atoms with Crippen LogP contribution in [-0.2, 0) is 11.3 Å². The molecule has 0 saturated heterocycles. The van der Waals surface area contributed by atoms with Crippen LogP contribution in [0.1, 0.15) is 71.0 Å². The van der Waals surface area contributed by atoms with Crippen LogP contribution in [0.15, 0.2) is 29.1 Å². The highest BCUT2D eigenvalue weighted by atomic mass is 16.2. The van der Waals surface area contributed by atoms with Crippen LogP contribution in [0.5, 0.6) is 0 Å². The molecule has 1 amide bonds. The zero-order chi connectivity index (χ0) is 19.2. The fourth-order valence-corrected chi connectivity index (χ4v) is 4.09. The van der Waals surface area contributed by atoms with Crippen LogP contribution in [0.2, 0.25) is 0 Å². The van der Waals surface area contributed by atoms with E-state index in [1.165, 1.54) is 32.1 Å². The van der Waals surface area contributed by atoms with Gasteiger partial charge in [-0.15, -0.1) is 0 Å². The average Bonchev–Trinajstić information content (AvgIpc) is 2.66. The highest BCUT2D eigenvalue weighted by Gasteiger charge is 2.20. The monoisotopic (exact) mass is 369 g/mol. The Morgan fingerprint density at radius 3 is 2.70 bits per heavy atom. The van der Waals surface area contributed by atoms with Gasteiger partial charge in [-0.05, 0) is 44.7 Å². The summed E-state index contributed by atoms with van der Waals surface area (Å²) in [5, 5.41) is 0.580. The van der Waals surface area contributed by atoms with Crippen molar-refractivity contribution in [3.05, 3.63) is 40.4 Å². The Labute approximate surface area is 161 Å². The van der Waals surface area contributed by atoms with Crippen molar-refractivity contribution >= 4 is 16.8 Å². The minimum Gasteiger partial charge on any atom is -0.333 e. The van der Waals surface area contributed by atoms with E-state index in [1.54, 1.807) is 6.07 Å². The zero-order valence-corrected chi connectivity index (χ0v) is 16.5. The number of fused-ring (bicyclic) bond motifs is 1. The van der Waals surface area contributed by atoms with E-state index in [0.717, 1.165) is 18.8 Å². The van der Waals surface area contributed by atoms with Gasteiger partial charge in [-0.1, -0.05) is 44.2 Å². The number of aromatic nitrogens is 2. The van der Waals surface area contributed by atoms with Gasteiger partial charge < -0.3 is 9.88 Å². The van der Waals surface area contributed by atoms with E-state index in [4.69, 9.17) is 0 Å². The van der Waals surface area contributed by atoms with Crippen molar-refractivity contribution in [2.24, 2.45) is 5.92 Å². The number of benzene rings is 1. The first kappa shape index (κ1) is 19.6. The Bertz CT molecular complexity index is 822. The van der Waals surface area contributed by atoms with Crippen LogP contribution in [0, 0.1) is 5.92 Å². The Kier molecular flexibility index (Phi) is 6.64. The summed E-state index contributed by atoms with van der Waals surface area (Å²) in [5.74, 6) is 1.50. The second-order valence-electron chi connectivity index (χ2n) is 8.04. The number of H-pyrrole nitrogens is 1. The minimum atomic E-state index is -0.149. The summed E-state index contributed by atoms with van der Waals surface area (Å²) in [5.41, 5.74) is 0.522. The van der Waals surface area contributed by atoms with Gasteiger partial charge in [0, 0.05) is 12.5 Å². The van der Waals surface area contributed by atoms with Crippen molar-refractivity contribution in [3.63, 3.8) is 0 Å². The second-order valence-corrected chi connectivity index (χ2v) is 8.04. The molecule has 0 atom stereocenters. The molecule has 0 aliphatic heterocycles. The van der Waals surface area contributed by atoms with Gasteiger partial charge in [-0.2, -0.15) is 0 Å². The number of nitrogens with one attached hydrogen (secondary N) is 1. The Hall–Kier alpha value is -2.17. The number of rotatable bonds is 7. The number of nitrogens with zero attached hydrogens (tertiary/aromatic N) is 2. The molecule has 146 valence electrons. The van der Waals surface area contributed by atoms with E-state index in [9.17, 15) is 9.59 Å². The van der Waals surface area contributed by atoms with Crippen molar-refractivity contribution < 1.29 is 4.79 Å². The lowest BCUT2D eigenvalue weighted by molar-refractivity contribution is -0.133. The van der Waals surface area contributed by atoms with Crippen molar-refractivity contribution in [1.82, 2.24) is 14.9 Å². The molecule has 2 aromatic rings. The molecule has 1 saturated carbocycles. The fraction of sp³-hybridized carbons (Fsp3) is 0.591. The van der Waals surface area contributed by atoms with Gasteiger partial charge in [0.15, 0.2) is 0 Å². The molecule has 3 rings (SSSR count). The molecule has 0 bridgehead atoms. The largest absolute Gasteiger partial charge is 0.333 e. The molecule has 27 heavy (non-hydrogen) atoms. The summed E-state index contributed by atoms with van der Waals surface area (Å²) in [4.78, 5) is 34.3. The lowest BCUT2D eigenvalue weighted by atomic mass is 9.86. The molecule has 5 nitrogen and oxygen atoms in total. The van der Waals surface area contributed by atoms with Crippen LogP contribution < -0.4 is 5.56 Å². The molecule has 0 unspecified atom stereocenters. The first-order valence-electron chi connectivity index (χ1n) is 10.3. The van der Waals surface area contributed by atoms with Crippen LogP contribution >= 0.6 is 0 Å². The summed E-state index contributed by atoms with van der Waals surface area (Å²) in [6.45, 7) is 4.37. The number of para-hydroxylation sites is 1. The van der Waals surface area contributed by atoms with Gasteiger partial charge in [0.05, 0.1) is 17.4 Å². The first-order valence-corrected chi connectivity index (χ1v) is 10.3. The lowest BCUT2D eigenvalue weighted by Crippen LogP contribution is -2.37. The molecule has 0 radical (unpaired) electrons. The molecular weight excluding hydrogens is 338 g/mol. The minimum absolute atomic E-state index is 0.0731. The predicted molar refractivity (Wildman–Crippen MR) is 108 cm³/mol. The van der Waals surface area contributed by atoms with Gasteiger partial charge in [0.25, 0.3) is 5.56 Å². The third kappa shape index (κ3) is 5.18. The fourth-order valence-electron chi connectivity index (χ4n) is 4.09. The van der Waals surface area contributed by atoms with Gasteiger partial charge in [-0.3, -0.25) is 9.59 Å². The predicted octanol–water partition coefficient (Wildman–Crippen LogP) is 4.41. The van der Waals surface area contributed by atoms with Crippen molar-refractivity contribution in [2.75, 3.05) is 0 Å². The standard InChI is InChI=1S/C22H31N3O2/c1-16(2)25(21(26)14-8-11-17-9-4-3-5-10-17)15-20-23-19-13-7-6-12-18(19)22(27)24-20/h6-7,12-13,16-17H,3-5,8-11,14-15H2,1-2H3,(H,23,24,27). The summed E-state index contributed by atoms with van der Waals surface area (Å²) < 4.78 is 0. The van der Waals surface area contributed by atoms with E-state index in [0.29, 0.717) is 29.7 Å². The summed E-state index contributed by atoms with van der Waals surface area (Å²) >= 11 is 0. The van der Waals surface area contributed by atoms with Gasteiger partial charge in [-0.25, -0.2) is 4.98 Å². The molecule has 1 aromatic carbocycles. The maximum Gasteiger partial charge on any atom is 0.258 e.